The van der Waals surface area contributed by atoms with E-state index in [-0.39, 0.29) is 17.0 Å². The van der Waals surface area contributed by atoms with Gasteiger partial charge in [-0.05, 0) is 32.0 Å². The van der Waals surface area contributed by atoms with E-state index in [0.29, 0.717) is 12.3 Å². The SMILES string of the molecule is CC(Oc1ccc(F)cc1Cl)C(=O)N1CCNCC1C. The van der Waals surface area contributed by atoms with Crippen molar-refractivity contribution in [2.45, 2.75) is 26.0 Å². The monoisotopic (exact) mass is 300 g/mol. The Morgan fingerprint density at radius 1 is 1.60 bits per heavy atom. The van der Waals surface area contributed by atoms with Crippen LogP contribution in [0.5, 0.6) is 5.75 Å². The van der Waals surface area contributed by atoms with Crippen molar-refractivity contribution >= 4 is 17.5 Å². The summed E-state index contributed by atoms with van der Waals surface area (Å²) in [5.41, 5.74) is 0. The summed E-state index contributed by atoms with van der Waals surface area (Å²) in [4.78, 5) is 14.1. The van der Waals surface area contributed by atoms with Gasteiger partial charge in [0.05, 0.1) is 5.02 Å². The lowest BCUT2D eigenvalue weighted by atomic mass is 10.2. The van der Waals surface area contributed by atoms with Crippen molar-refractivity contribution in [2.75, 3.05) is 19.6 Å². The molecule has 1 saturated heterocycles. The molecule has 1 N–H and O–H groups in total. The van der Waals surface area contributed by atoms with Gasteiger partial charge >= 0.3 is 0 Å². The van der Waals surface area contributed by atoms with Gasteiger partial charge in [0.15, 0.2) is 6.10 Å². The Morgan fingerprint density at radius 3 is 3.00 bits per heavy atom. The van der Waals surface area contributed by atoms with Gasteiger partial charge in [-0.2, -0.15) is 0 Å². The van der Waals surface area contributed by atoms with Crippen LogP contribution < -0.4 is 10.1 Å². The van der Waals surface area contributed by atoms with Gasteiger partial charge in [-0.15, -0.1) is 0 Å². The van der Waals surface area contributed by atoms with Gasteiger partial charge in [0.1, 0.15) is 11.6 Å². The van der Waals surface area contributed by atoms with Crippen molar-refractivity contribution in [3.8, 4) is 5.75 Å². The van der Waals surface area contributed by atoms with E-state index in [9.17, 15) is 9.18 Å². The number of rotatable bonds is 3. The maximum atomic E-state index is 13.0. The summed E-state index contributed by atoms with van der Waals surface area (Å²) in [6.45, 7) is 5.87. The van der Waals surface area contributed by atoms with Crippen LogP contribution in [0, 0.1) is 5.82 Å². The molecule has 1 amide bonds. The number of hydrogen-bond acceptors (Lipinski definition) is 3. The lowest BCUT2D eigenvalue weighted by molar-refractivity contribution is -0.140. The molecule has 2 atom stereocenters. The summed E-state index contributed by atoms with van der Waals surface area (Å²) < 4.78 is 18.5. The van der Waals surface area contributed by atoms with E-state index in [4.69, 9.17) is 16.3 Å². The molecule has 0 aliphatic carbocycles. The van der Waals surface area contributed by atoms with E-state index < -0.39 is 11.9 Å². The Balaban J connectivity index is 2.03. The van der Waals surface area contributed by atoms with E-state index in [1.165, 1.54) is 18.2 Å². The number of amides is 1. The minimum Gasteiger partial charge on any atom is -0.479 e. The molecular weight excluding hydrogens is 283 g/mol. The summed E-state index contributed by atoms with van der Waals surface area (Å²) in [5, 5.41) is 3.39. The first-order valence-corrected chi connectivity index (χ1v) is 6.99. The van der Waals surface area contributed by atoms with Crippen molar-refractivity contribution in [1.82, 2.24) is 10.2 Å². The number of benzene rings is 1. The lowest BCUT2D eigenvalue weighted by Gasteiger charge is -2.35. The van der Waals surface area contributed by atoms with Crippen LogP contribution in [0.25, 0.3) is 0 Å². The third kappa shape index (κ3) is 3.41. The van der Waals surface area contributed by atoms with Crippen LogP contribution in [0.3, 0.4) is 0 Å². The molecule has 0 saturated carbocycles. The summed E-state index contributed by atoms with van der Waals surface area (Å²) in [5.74, 6) is -0.201. The molecule has 0 spiro atoms. The van der Waals surface area contributed by atoms with Crippen molar-refractivity contribution in [3.05, 3.63) is 29.0 Å². The number of halogens is 2. The van der Waals surface area contributed by atoms with Crippen molar-refractivity contribution in [2.24, 2.45) is 0 Å². The highest BCUT2D eigenvalue weighted by Crippen LogP contribution is 2.26. The average molecular weight is 301 g/mol. The first-order chi connectivity index (χ1) is 9.49. The predicted molar refractivity (Wildman–Crippen MR) is 75.5 cm³/mol. The van der Waals surface area contributed by atoms with E-state index in [1.54, 1.807) is 11.8 Å². The molecule has 0 bridgehead atoms. The third-order valence-corrected chi connectivity index (χ3v) is 3.63. The number of carbonyl (C=O) groups excluding carboxylic acids is 1. The standard InChI is InChI=1S/C14H18ClFN2O2/c1-9-8-17-5-6-18(9)14(19)10(2)20-13-4-3-11(16)7-12(13)15/h3-4,7,9-10,17H,5-6,8H2,1-2H3. The Bertz CT molecular complexity index is 498. The Morgan fingerprint density at radius 2 is 2.35 bits per heavy atom. The Kier molecular flexibility index (Phi) is 4.83. The van der Waals surface area contributed by atoms with Gasteiger partial charge in [0.2, 0.25) is 0 Å². The van der Waals surface area contributed by atoms with Crippen LogP contribution in [0.1, 0.15) is 13.8 Å². The van der Waals surface area contributed by atoms with Gasteiger partial charge in [0.25, 0.3) is 5.91 Å². The van der Waals surface area contributed by atoms with Crippen molar-refractivity contribution in [3.63, 3.8) is 0 Å². The molecule has 1 aliphatic heterocycles. The summed E-state index contributed by atoms with van der Waals surface area (Å²) in [6.07, 6.45) is -0.654. The van der Waals surface area contributed by atoms with Gasteiger partial charge in [-0.25, -0.2) is 4.39 Å². The number of ether oxygens (including phenoxy) is 1. The zero-order valence-corrected chi connectivity index (χ0v) is 12.3. The van der Waals surface area contributed by atoms with Gasteiger partial charge < -0.3 is 15.0 Å². The molecule has 6 heteroatoms. The average Bonchev–Trinajstić information content (AvgIpc) is 2.41. The van der Waals surface area contributed by atoms with Gasteiger partial charge in [0, 0.05) is 25.7 Å². The highest BCUT2D eigenvalue weighted by molar-refractivity contribution is 6.32. The number of carbonyl (C=O) groups is 1. The largest absolute Gasteiger partial charge is 0.479 e. The highest BCUT2D eigenvalue weighted by atomic mass is 35.5. The number of nitrogens with zero attached hydrogens (tertiary/aromatic N) is 1. The minimum absolute atomic E-state index is 0.0839. The minimum atomic E-state index is -0.654. The van der Waals surface area contributed by atoms with Crippen LogP contribution in [0.15, 0.2) is 18.2 Å². The summed E-state index contributed by atoms with van der Waals surface area (Å²) >= 11 is 5.89. The van der Waals surface area contributed by atoms with Crippen LogP contribution in [0.4, 0.5) is 4.39 Å². The predicted octanol–water partition coefficient (Wildman–Crippen LogP) is 2.07. The summed E-state index contributed by atoms with van der Waals surface area (Å²) in [7, 11) is 0. The van der Waals surface area contributed by atoms with Crippen LogP contribution >= 0.6 is 11.6 Å². The molecule has 1 heterocycles. The molecule has 2 rings (SSSR count). The highest BCUT2D eigenvalue weighted by Gasteiger charge is 2.28. The van der Waals surface area contributed by atoms with E-state index in [1.807, 2.05) is 6.92 Å². The maximum absolute atomic E-state index is 13.0. The zero-order chi connectivity index (χ0) is 14.7. The second-order valence-corrected chi connectivity index (χ2v) is 5.33. The van der Waals surface area contributed by atoms with E-state index in [2.05, 4.69) is 5.32 Å². The van der Waals surface area contributed by atoms with Crippen LogP contribution in [-0.4, -0.2) is 42.6 Å². The zero-order valence-electron chi connectivity index (χ0n) is 11.5. The van der Waals surface area contributed by atoms with Crippen LogP contribution in [-0.2, 0) is 4.79 Å². The molecule has 1 aromatic rings. The molecule has 1 aliphatic rings. The molecule has 4 nitrogen and oxygen atoms in total. The second-order valence-electron chi connectivity index (χ2n) is 4.92. The fourth-order valence-electron chi connectivity index (χ4n) is 2.21. The normalized spacial score (nSPS) is 20.6. The molecule has 2 unspecified atom stereocenters. The Labute approximate surface area is 122 Å². The third-order valence-electron chi connectivity index (χ3n) is 3.33. The van der Waals surface area contributed by atoms with Crippen molar-refractivity contribution in [1.29, 1.82) is 0 Å². The molecule has 0 radical (unpaired) electrons. The number of hydrogen-bond donors (Lipinski definition) is 1. The fraction of sp³-hybridized carbons (Fsp3) is 0.500. The second kappa shape index (κ2) is 6.41. The molecule has 0 aromatic heterocycles. The first kappa shape index (κ1) is 15.1. The smallest absolute Gasteiger partial charge is 0.263 e. The Hall–Kier alpha value is -1.33. The van der Waals surface area contributed by atoms with Gasteiger partial charge in [-0.1, -0.05) is 11.6 Å². The molecule has 110 valence electrons. The van der Waals surface area contributed by atoms with Crippen molar-refractivity contribution < 1.29 is 13.9 Å². The summed E-state index contributed by atoms with van der Waals surface area (Å²) in [6, 6.07) is 3.99. The maximum Gasteiger partial charge on any atom is 0.263 e. The molecular formula is C14H18ClFN2O2. The first-order valence-electron chi connectivity index (χ1n) is 6.62. The van der Waals surface area contributed by atoms with E-state index >= 15 is 0 Å². The lowest BCUT2D eigenvalue weighted by Crippen LogP contribution is -2.55. The fourth-order valence-corrected chi connectivity index (χ4v) is 2.43. The number of nitrogens with one attached hydrogen (secondary N) is 1. The number of piperazine rings is 1. The topological polar surface area (TPSA) is 41.6 Å². The van der Waals surface area contributed by atoms with Gasteiger partial charge in [-0.3, -0.25) is 4.79 Å². The molecule has 20 heavy (non-hydrogen) atoms. The quantitative estimate of drug-likeness (QED) is 0.929. The molecule has 1 aromatic carbocycles. The van der Waals surface area contributed by atoms with Crippen LogP contribution in [0.2, 0.25) is 5.02 Å². The van der Waals surface area contributed by atoms with E-state index in [0.717, 1.165) is 13.1 Å². The molecule has 1 fully saturated rings.